The van der Waals surface area contributed by atoms with Crippen LogP contribution in [0.2, 0.25) is 0 Å². The lowest BCUT2D eigenvalue weighted by atomic mass is 10.1. The highest BCUT2D eigenvalue weighted by atomic mass is 35.5. The van der Waals surface area contributed by atoms with Crippen LogP contribution in [0.4, 0.5) is 11.6 Å². The summed E-state index contributed by atoms with van der Waals surface area (Å²) in [5, 5.41) is 4.01. The van der Waals surface area contributed by atoms with Crippen molar-refractivity contribution in [3.05, 3.63) is 71.2 Å². The zero-order chi connectivity index (χ0) is 19.2. The van der Waals surface area contributed by atoms with Crippen molar-refractivity contribution in [2.24, 2.45) is 4.99 Å². The van der Waals surface area contributed by atoms with Crippen molar-refractivity contribution in [1.82, 2.24) is 4.90 Å². The number of hydrogen-bond donors (Lipinski definition) is 1. The number of hydrogen-bond acceptors (Lipinski definition) is 5. The minimum atomic E-state index is 0.582. The topological polar surface area (TPSA) is 50.0 Å². The molecule has 0 atom stereocenters. The van der Waals surface area contributed by atoms with Gasteiger partial charge < -0.3 is 19.4 Å². The smallest absolute Gasteiger partial charge is 0.197 e. The average molecular weight is 384 g/mol. The van der Waals surface area contributed by atoms with Crippen molar-refractivity contribution in [1.29, 1.82) is 0 Å². The van der Waals surface area contributed by atoms with Crippen LogP contribution in [0.1, 0.15) is 18.9 Å². The monoisotopic (exact) mass is 383 g/mol. The molecule has 2 aromatic rings. The van der Waals surface area contributed by atoms with Crippen LogP contribution in [0, 0.1) is 0 Å². The van der Waals surface area contributed by atoms with Crippen molar-refractivity contribution in [2.45, 2.75) is 13.3 Å². The van der Waals surface area contributed by atoms with E-state index in [1.807, 2.05) is 55.6 Å². The fraction of sp³-hybridized carbons (Fsp3) is 0.190. The zero-order valence-electron chi connectivity index (χ0n) is 15.4. The summed E-state index contributed by atoms with van der Waals surface area (Å²) in [5.74, 6) is 1.44. The molecular weight excluding hydrogens is 362 g/mol. The Balaban J connectivity index is 1.88. The molecule has 2 heterocycles. The van der Waals surface area contributed by atoms with Gasteiger partial charge in [0.05, 0.1) is 25.0 Å². The largest absolute Gasteiger partial charge is 0.497 e. The van der Waals surface area contributed by atoms with Gasteiger partial charge in [0.15, 0.2) is 5.88 Å². The summed E-state index contributed by atoms with van der Waals surface area (Å²) in [7, 11) is 1.64. The van der Waals surface area contributed by atoms with E-state index in [2.05, 4.69) is 21.9 Å². The van der Waals surface area contributed by atoms with Crippen LogP contribution in [0.25, 0.3) is 5.70 Å². The normalized spacial score (nSPS) is 14.5. The Kier molecular flexibility index (Phi) is 6.04. The Bertz CT molecular complexity index is 894. The van der Waals surface area contributed by atoms with E-state index in [4.69, 9.17) is 20.8 Å². The minimum absolute atomic E-state index is 0.582. The number of methoxy groups -OCH3 is 1. The minimum Gasteiger partial charge on any atom is -0.497 e. The molecule has 0 saturated carbocycles. The lowest BCUT2D eigenvalue weighted by molar-refractivity contribution is 0.415. The van der Waals surface area contributed by atoms with Gasteiger partial charge in [-0.15, -0.1) is 0 Å². The highest BCUT2D eigenvalue weighted by Gasteiger charge is 2.19. The van der Waals surface area contributed by atoms with Crippen LogP contribution in [0.3, 0.4) is 0 Å². The molecule has 0 spiro atoms. The predicted octanol–water partition coefficient (Wildman–Crippen LogP) is 5.76. The molecule has 140 valence electrons. The van der Waals surface area contributed by atoms with E-state index in [9.17, 15) is 0 Å². The maximum absolute atomic E-state index is 6.22. The molecule has 0 bridgehead atoms. The van der Waals surface area contributed by atoms with Crippen LogP contribution in [0.15, 0.2) is 75.1 Å². The third-order valence-electron chi connectivity index (χ3n) is 4.18. The average Bonchev–Trinajstić information content (AvgIpc) is 3.14. The van der Waals surface area contributed by atoms with Crippen molar-refractivity contribution in [3.8, 4) is 5.75 Å². The predicted molar refractivity (Wildman–Crippen MR) is 112 cm³/mol. The number of rotatable bonds is 7. The van der Waals surface area contributed by atoms with E-state index in [1.165, 1.54) is 0 Å². The van der Waals surface area contributed by atoms with Crippen LogP contribution >= 0.6 is 11.6 Å². The van der Waals surface area contributed by atoms with E-state index in [1.54, 1.807) is 13.4 Å². The lowest BCUT2D eigenvalue weighted by Gasteiger charge is -2.26. The number of ether oxygens (including phenoxy) is 1. The Morgan fingerprint density at radius 3 is 2.78 bits per heavy atom. The number of furan rings is 1. The molecule has 1 N–H and O–H groups in total. The summed E-state index contributed by atoms with van der Waals surface area (Å²) >= 11 is 6.22. The van der Waals surface area contributed by atoms with Crippen molar-refractivity contribution in [2.75, 3.05) is 19.0 Å². The molecule has 0 saturated heterocycles. The molecule has 3 rings (SSSR count). The molecule has 0 amide bonds. The standard InChI is InChI=1S/C21H22ClN3O2/c1-4-19(23-2)21(25-11-5-6-16(22)13-25)15-12-20(27-14-15)24-17-7-9-18(26-3)10-8-17/h5-12,14,24H,2,4,13H2,1,3H3/b21-19-. The fourth-order valence-corrected chi connectivity index (χ4v) is 3.07. The summed E-state index contributed by atoms with van der Waals surface area (Å²) in [6, 6.07) is 9.58. The van der Waals surface area contributed by atoms with Crippen molar-refractivity contribution >= 4 is 35.6 Å². The van der Waals surface area contributed by atoms with Crippen molar-refractivity contribution in [3.63, 3.8) is 0 Å². The number of nitrogens with zero attached hydrogens (tertiary/aromatic N) is 2. The molecule has 1 aliphatic rings. The molecule has 1 aromatic heterocycles. The first-order chi connectivity index (χ1) is 13.1. The van der Waals surface area contributed by atoms with Gasteiger partial charge in [-0.3, -0.25) is 4.99 Å². The molecule has 1 aliphatic heterocycles. The van der Waals surface area contributed by atoms with Crippen LogP contribution in [-0.4, -0.2) is 25.3 Å². The van der Waals surface area contributed by atoms with E-state index >= 15 is 0 Å². The van der Waals surface area contributed by atoms with Gasteiger partial charge in [-0.25, -0.2) is 0 Å². The van der Waals surface area contributed by atoms with Gasteiger partial charge >= 0.3 is 0 Å². The first-order valence-electron chi connectivity index (χ1n) is 8.64. The van der Waals surface area contributed by atoms with Crippen molar-refractivity contribution < 1.29 is 9.15 Å². The van der Waals surface area contributed by atoms with E-state index in [-0.39, 0.29) is 0 Å². The molecule has 0 radical (unpaired) electrons. The molecule has 27 heavy (non-hydrogen) atoms. The summed E-state index contributed by atoms with van der Waals surface area (Å²) in [6.45, 7) is 6.35. The van der Waals surface area contributed by atoms with Gasteiger partial charge in [0.25, 0.3) is 0 Å². The van der Waals surface area contributed by atoms with Gasteiger partial charge in [0, 0.05) is 28.5 Å². The summed E-state index contributed by atoms with van der Waals surface area (Å²) in [6.07, 6.45) is 8.23. The Morgan fingerprint density at radius 2 is 2.15 bits per heavy atom. The molecule has 5 nitrogen and oxygen atoms in total. The van der Waals surface area contributed by atoms with E-state index in [0.29, 0.717) is 12.4 Å². The van der Waals surface area contributed by atoms with Gasteiger partial charge in [0.2, 0.25) is 0 Å². The molecule has 6 heteroatoms. The second-order valence-corrected chi connectivity index (χ2v) is 6.43. The quantitative estimate of drug-likeness (QED) is 0.617. The number of allylic oxidation sites excluding steroid dienone is 3. The van der Waals surface area contributed by atoms with Gasteiger partial charge in [0.1, 0.15) is 12.0 Å². The molecule has 1 aromatic carbocycles. The number of aliphatic imine (C=N–C) groups is 1. The van der Waals surface area contributed by atoms with E-state index in [0.717, 1.165) is 39.8 Å². The number of halogens is 1. The number of nitrogens with one attached hydrogen (secondary N) is 1. The second-order valence-electron chi connectivity index (χ2n) is 5.94. The maximum Gasteiger partial charge on any atom is 0.197 e. The molecule has 0 aliphatic carbocycles. The Morgan fingerprint density at radius 1 is 1.37 bits per heavy atom. The van der Waals surface area contributed by atoms with E-state index < -0.39 is 0 Å². The zero-order valence-corrected chi connectivity index (χ0v) is 16.2. The lowest BCUT2D eigenvalue weighted by Crippen LogP contribution is -2.20. The summed E-state index contributed by atoms with van der Waals surface area (Å²) in [4.78, 5) is 6.26. The molecule has 0 fully saturated rings. The van der Waals surface area contributed by atoms with Gasteiger partial charge in [-0.05, 0) is 49.6 Å². The number of benzene rings is 1. The maximum atomic E-state index is 6.22. The molecule has 0 unspecified atom stereocenters. The Hall–Kier alpha value is -2.92. The third kappa shape index (κ3) is 4.44. The molecular formula is C21H22ClN3O2. The first kappa shape index (κ1) is 18.9. The Labute approximate surface area is 164 Å². The van der Waals surface area contributed by atoms with Gasteiger partial charge in [-0.2, -0.15) is 0 Å². The van der Waals surface area contributed by atoms with Crippen LogP contribution in [-0.2, 0) is 0 Å². The second kappa shape index (κ2) is 8.64. The third-order valence-corrected chi connectivity index (χ3v) is 4.43. The highest BCUT2D eigenvalue weighted by molar-refractivity contribution is 6.30. The fourth-order valence-electron chi connectivity index (χ4n) is 2.87. The van der Waals surface area contributed by atoms with Crippen LogP contribution in [0.5, 0.6) is 5.75 Å². The summed E-state index contributed by atoms with van der Waals surface area (Å²) in [5.41, 5.74) is 3.62. The van der Waals surface area contributed by atoms with Gasteiger partial charge in [-0.1, -0.05) is 18.5 Å². The van der Waals surface area contributed by atoms with Crippen LogP contribution < -0.4 is 10.1 Å². The highest BCUT2D eigenvalue weighted by Crippen LogP contribution is 2.32. The summed E-state index contributed by atoms with van der Waals surface area (Å²) < 4.78 is 10.9. The first-order valence-corrected chi connectivity index (χ1v) is 9.01. The number of anilines is 2. The SMILES string of the molecule is C=N/C(CC)=C(/c1coc(Nc2ccc(OC)cc2)c1)N1C=CC=C(Cl)C1.